The molecule has 40 heavy (non-hydrogen) atoms. The first-order valence-electron chi connectivity index (χ1n) is 14.3. The molecular formula is C32H37N5O3. The van der Waals surface area contributed by atoms with Gasteiger partial charge in [-0.1, -0.05) is 24.6 Å². The fourth-order valence-electron chi connectivity index (χ4n) is 6.13. The first-order valence-corrected chi connectivity index (χ1v) is 14.3. The second-order valence-corrected chi connectivity index (χ2v) is 11.0. The van der Waals surface area contributed by atoms with E-state index in [1.165, 1.54) is 32.4 Å². The topological polar surface area (TPSA) is 94.9 Å². The lowest BCUT2D eigenvalue weighted by Crippen LogP contribution is -2.50. The number of rotatable bonds is 7. The van der Waals surface area contributed by atoms with E-state index < -0.39 is 5.91 Å². The van der Waals surface area contributed by atoms with Crippen molar-refractivity contribution < 1.29 is 14.3 Å². The summed E-state index contributed by atoms with van der Waals surface area (Å²) in [7, 11) is 1.63. The SMILES string of the molecule is COc1cccc(-c2cc(C(N)=O)c3[nH]c4cc(C(=O)N5CCN(CCN6CCCCC6)CC5)ccc4c3c2)c1. The van der Waals surface area contributed by atoms with Crippen LogP contribution in [0.15, 0.2) is 54.6 Å². The molecule has 0 unspecified atom stereocenters. The van der Waals surface area contributed by atoms with E-state index in [0.29, 0.717) is 16.6 Å². The van der Waals surface area contributed by atoms with Gasteiger partial charge < -0.3 is 25.3 Å². The molecule has 8 nitrogen and oxygen atoms in total. The Kier molecular flexibility index (Phi) is 7.45. The average Bonchev–Trinajstić information content (AvgIpc) is 3.37. The molecule has 0 saturated carbocycles. The maximum Gasteiger partial charge on any atom is 0.254 e. The Hall–Kier alpha value is -3.88. The van der Waals surface area contributed by atoms with E-state index in [2.05, 4.69) is 20.9 Å². The lowest BCUT2D eigenvalue weighted by atomic mass is 9.98. The minimum absolute atomic E-state index is 0.0448. The van der Waals surface area contributed by atoms with Crippen LogP contribution in [0.3, 0.4) is 0 Å². The first kappa shape index (κ1) is 26.3. The lowest BCUT2D eigenvalue weighted by Gasteiger charge is -2.36. The smallest absolute Gasteiger partial charge is 0.254 e. The standard InChI is InChI=1S/C32H37N5O3/c1-40-25-7-5-6-22(18-25)24-19-27-26-9-8-23(21-29(26)34-30(27)28(20-24)31(33)38)32(39)37-16-14-36(15-17-37)13-12-35-10-3-2-4-11-35/h5-9,18-21,34H,2-4,10-17H2,1H3,(H2,33,38). The molecule has 0 atom stereocenters. The number of carbonyl (C=O) groups excluding carboxylic acids is 2. The zero-order valence-electron chi connectivity index (χ0n) is 23.1. The number of hydrogen-bond acceptors (Lipinski definition) is 5. The molecule has 2 saturated heterocycles. The van der Waals surface area contributed by atoms with Crippen LogP contribution in [0.4, 0.5) is 0 Å². The molecule has 0 bridgehead atoms. The monoisotopic (exact) mass is 539 g/mol. The average molecular weight is 540 g/mol. The highest BCUT2D eigenvalue weighted by Gasteiger charge is 2.24. The third-order valence-electron chi connectivity index (χ3n) is 8.46. The number of piperazine rings is 1. The number of ether oxygens (including phenoxy) is 1. The summed E-state index contributed by atoms with van der Waals surface area (Å²) < 4.78 is 5.39. The van der Waals surface area contributed by atoms with Gasteiger partial charge in [-0.15, -0.1) is 0 Å². The normalized spacial score (nSPS) is 17.0. The number of aromatic amines is 1. The van der Waals surface area contributed by atoms with Crippen LogP contribution < -0.4 is 10.5 Å². The summed E-state index contributed by atoms with van der Waals surface area (Å²) in [4.78, 5) is 36.3. The van der Waals surface area contributed by atoms with Crippen molar-refractivity contribution in [2.45, 2.75) is 19.3 Å². The number of likely N-dealkylation sites (tertiary alicyclic amines) is 1. The van der Waals surface area contributed by atoms with Crippen molar-refractivity contribution in [2.24, 2.45) is 5.73 Å². The molecule has 3 heterocycles. The number of primary amides is 1. The van der Waals surface area contributed by atoms with Crippen molar-refractivity contribution in [2.75, 3.05) is 59.5 Å². The Morgan fingerprint density at radius 1 is 0.825 bits per heavy atom. The number of piperidine rings is 1. The molecule has 3 aromatic carbocycles. The summed E-state index contributed by atoms with van der Waals surface area (Å²) in [6.07, 6.45) is 3.99. The number of amides is 2. The maximum atomic E-state index is 13.4. The molecule has 0 aliphatic carbocycles. The Morgan fingerprint density at radius 2 is 1.57 bits per heavy atom. The molecular weight excluding hydrogens is 502 g/mol. The van der Waals surface area contributed by atoms with Gasteiger partial charge in [0.05, 0.1) is 18.2 Å². The lowest BCUT2D eigenvalue weighted by molar-refractivity contribution is 0.0619. The number of methoxy groups -OCH3 is 1. The fourth-order valence-corrected chi connectivity index (χ4v) is 6.13. The van der Waals surface area contributed by atoms with Gasteiger partial charge in [-0.2, -0.15) is 0 Å². The van der Waals surface area contributed by atoms with Crippen LogP contribution in [0, 0.1) is 0 Å². The summed E-state index contributed by atoms with van der Waals surface area (Å²) in [6, 6.07) is 17.3. The van der Waals surface area contributed by atoms with E-state index >= 15 is 0 Å². The van der Waals surface area contributed by atoms with Crippen LogP contribution in [0.5, 0.6) is 5.75 Å². The third-order valence-corrected chi connectivity index (χ3v) is 8.46. The fraction of sp³-hybridized carbons (Fsp3) is 0.375. The number of fused-ring (bicyclic) bond motifs is 3. The Balaban J connectivity index is 1.21. The Bertz CT molecular complexity index is 1550. The largest absolute Gasteiger partial charge is 0.497 e. The summed E-state index contributed by atoms with van der Waals surface area (Å²) in [6.45, 7) is 7.92. The van der Waals surface area contributed by atoms with E-state index in [1.807, 2.05) is 53.4 Å². The second-order valence-electron chi connectivity index (χ2n) is 11.0. The first-order chi connectivity index (χ1) is 19.5. The molecule has 2 fully saturated rings. The van der Waals surface area contributed by atoms with Crippen LogP contribution in [-0.4, -0.2) is 91.0 Å². The van der Waals surface area contributed by atoms with Gasteiger partial charge in [-0.05, 0) is 73.5 Å². The molecule has 2 amide bonds. The van der Waals surface area contributed by atoms with Gasteiger partial charge in [-0.25, -0.2) is 0 Å². The Morgan fingerprint density at radius 3 is 2.30 bits per heavy atom. The minimum atomic E-state index is -0.504. The van der Waals surface area contributed by atoms with Crippen molar-refractivity contribution in [3.63, 3.8) is 0 Å². The van der Waals surface area contributed by atoms with Crippen molar-refractivity contribution in [1.29, 1.82) is 0 Å². The number of H-pyrrole nitrogens is 1. The van der Waals surface area contributed by atoms with Gasteiger partial charge in [0.1, 0.15) is 5.75 Å². The third kappa shape index (κ3) is 5.29. The predicted octanol–water partition coefficient (Wildman–Crippen LogP) is 4.34. The molecule has 8 heteroatoms. The molecule has 3 N–H and O–H groups in total. The summed E-state index contributed by atoms with van der Waals surface area (Å²) in [5.41, 5.74) is 10.2. The van der Waals surface area contributed by atoms with Gasteiger partial charge in [0.2, 0.25) is 0 Å². The number of nitrogens with zero attached hydrogens (tertiary/aromatic N) is 3. The van der Waals surface area contributed by atoms with Gasteiger partial charge in [0, 0.05) is 61.1 Å². The molecule has 0 spiro atoms. The second kappa shape index (κ2) is 11.3. The quantitative estimate of drug-likeness (QED) is 0.364. The van der Waals surface area contributed by atoms with Crippen LogP contribution in [0.2, 0.25) is 0 Å². The minimum Gasteiger partial charge on any atom is -0.497 e. The molecule has 4 aromatic rings. The number of benzene rings is 3. The highest BCUT2D eigenvalue weighted by atomic mass is 16.5. The van der Waals surface area contributed by atoms with Crippen LogP contribution in [0.1, 0.15) is 40.0 Å². The van der Waals surface area contributed by atoms with Crippen molar-refractivity contribution in [3.05, 3.63) is 65.7 Å². The Labute approximate surface area is 234 Å². The molecule has 2 aliphatic heterocycles. The van der Waals surface area contributed by atoms with Crippen molar-refractivity contribution in [1.82, 2.24) is 19.7 Å². The van der Waals surface area contributed by atoms with Gasteiger partial charge >= 0.3 is 0 Å². The van der Waals surface area contributed by atoms with Crippen molar-refractivity contribution in [3.8, 4) is 16.9 Å². The highest BCUT2D eigenvalue weighted by molar-refractivity contribution is 6.17. The van der Waals surface area contributed by atoms with E-state index in [1.54, 1.807) is 7.11 Å². The number of carbonyl (C=O) groups is 2. The number of aromatic nitrogens is 1. The molecule has 0 radical (unpaired) electrons. The molecule has 6 rings (SSSR count). The zero-order valence-corrected chi connectivity index (χ0v) is 23.1. The van der Waals surface area contributed by atoms with Gasteiger partial charge in [0.15, 0.2) is 0 Å². The van der Waals surface area contributed by atoms with Crippen LogP contribution >= 0.6 is 0 Å². The van der Waals surface area contributed by atoms with E-state index in [-0.39, 0.29) is 5.91 Å². The van der Waals surface area contributed by atoms with E-state index in [9.17, 15) is 9.59 Å². The highest BCUT2D eigenvalue weighted by Crippen LogP contribution is 2.34. The molecule has 208 valence electrons. The molecule has 2 aliphatic rings. The summed E-state index contributed by atoms with van der Waals surface area (Å²) in [5, 5.41) is 1.84. The van der Waals surface area contributed by atoms with Gasteiger partial charge in [0.25, 0.3) is 11.8 Å². The van der Waals surface area contributed by atoms with Gasteiger partial charge in [-0.3, -0.25) is 14.5 Å². The summed E-state index contributed by atoms with van der Waals surface area (Å²) in [5.74, 6) is 0.280. The predicted molar refractivity (Wildman–Crippen MR) is 159 cm³/mol. The maximum absolute atomic E-state index is 13.4. The van der Waals surface area contributed by atoms with Crippen molar-refractivity contribution >= 4 is 33.6 Å². The van der Waals surface area contributed by atoms with E-state index in [0.717, 1.165) is 72.4 Å². The summed E-state index contributed by atoms with van der Waals surface area (Å²) >= 11 is 0. The number of nitrogens with one attached hydrogen (secondary N) is 1. The van der Waals surface area contributed by atoms with Crippen LogP contribution in [-0.2, 0) is 0 Å². The zero-order chi connectivity index (χ0) is 27.6. The molecule has 1 aromatic heterocycles. The van der Waals surface area contributed by atoms with E-state index in [4.69, 9.17) is 10.5 Å². The van der Waals surface area contributed by atoms with Crippen LogP contribution in [0.25, 0.3) is 32.9 Å². The number of hydrogen-bond donors (Lipinski definition) is 2. The number of nitrogens with two attached hydrogens (primary N) is 1.